The second-order valence-electron chi connectivity index (χ2n) is 6.44. The lowest BCUT2D eigenvalue weighted by Crippen LogP contribution is -2.19. The third kappa shape index (κ3) is 2.71. The van der Waals surface area contributed by atoms with E-state index in [-0.39, 0.29) is 11.3 Å². The average Bonchev–Trinajstić information content (AvgIpc) is 3.35. The lowest BCUT2D eigenvalue weighted by atomic mass is 10.1. The van der Waals surface area contributed by atoms with Gasteiger partial charge in [0.25, 0.3) is 11.8 Å². The minimum absolute atomic E-state index is 0.0438. The van der Waals surface area contributed by atoms with E-state index in [4.69, 9.17) is 5.73 Å². The maximum Gasteiger partial charge on any atom is 0.255 e. The molecule has 0 unspecified atom stereocenters. The molecule has 3 N–H and O–H groups in total. The monoisotopic (exact) mass is 352 g/mol. The third-order valence-corrected chi connectivity index (χ3v) is 4.55. The Bertz CT molecular complexity index is 1050. The number of imidazole rings is 1. The molecule has 2 amide bonds. The maximum absolute atomic E-state index is 13.8. The molecule has 0 aliphatic heterocycles. The molecule has 4 rings (SSSR count). The third-order valence-electron chi connectivity index (χ3n) is 4.55. The number of hydrogen-bond acceptors (Lipinski definition) is 3. The summed E-state index contributed by atoms with van der Waals surface area (Å²) in [5.74, 6) is -1.25. The molecule has 1 aliphatic rings. The Morgan fingerprint density at radius 1 is 1.27 bits per heavy atom. The van der Waals surface area contributed by atoms with Crippen molar-refractivity contribution in [2.24, 2.45) is 5.73 Å². The molecule has 1 heterocycles. The fourth-order valence-corrected chi connectivity index (χ4v) is 3.23. The van der Waals surface area contributed by atoms with E-state index in [9.17, 15) is 14.0 Å². The molecule has 26 heavy (non-hydrogen) atoms. The molecule has 0 bridgehead atoms. The Morgan fingerprint density at radius 3 is 2.73 bits per heavy atom. The van der Waals surface area contributed by atoms with Crippen LogP contribution in [0.25, 0.3) is 11.0 Å². The molecule has 2 aromatic carbocycles. The van der Waals surface area contributed by atoms with Crippen molar-refractivity contribution in [3.05, 3.63) is 59.2 Å². The Balaban J connectivity index is 1.67. The number of primary amides is 1. The van der Waals surface area contributed by atoms with Crippen LogP contribution in [-0.4, -0.2) is 21.4 Å². The number of rotatable bonds is 4. The van der Waals surface area contributed by atoms with Crippen LogP contribution in [0.5, 0.6) is 0 Å². The van der Waals surface area contributed by atoms with Gasteiger partial charge in [0.2, 0.25) is 0 Å². The number of fused-ring (bicyclic) bond motifs is 1. The van der Waals surface area contributed by atoms with Gasteiger partial charge in [0.15, 0.2) is 0 Å². The highest BCUT2D eigenvalue weighted by molar-refractivity contribution is 6.09. The minimum Gasteiger partial charge on any atom is -0.365 e. The summed E-state index contributed by atoms with van der Waals surface area (Å²) in [6.45, 7) is 1.95. The van der Waals surface area contributed by atoms with Crippen LogP contribution in [-0.2, 0) is 0 Å². The number of nitrogens with one attached hydrogen (secondary N) is 1. The largest absolute Gasteiger partial charge is 0.365 e. The van der Waals surface area contributed by atoms with Gasteiger partial charge in [0.1, 0.15) is 11.6 Å². The number of nitrogens with two attached hydrogens (primary N) is 1. The van der Waals surface area contributed by atoms with Crippen LogP contribution in [0.2, 0.25) is 0 Å². The number of nitrogens with zero attached hydrogens (tertiary/aromatic N) is 2. The van der Waals surface area contributed by atoms with Crippen LogP contribution >= 0.6 is 0 Å². The number of halogens is 1. The fraction of sp³-hybridized carbons (Fsp3) is 0.211. The van der Waals surface area contributed by atoms with Gasteiger partial charge >= 0.3 is 0 Å². The SMILES string of the molecule is Cc1nc2cc(C(=O)Nc3cccc(F)c3C(N)=O)ccc2n1C1CC1. The Labute approximate surface area is 148 Å². The quantitative estimate of drug-likeness (QED) is 0.756. The zero-order valence-corrected chi connectivity index (χ0v) is 14.1. The summed E-state index contributed by atoms with van der Waals surface area (Å²) in [7, 11) is 0. The lowest BCUT2D eigenvalue weighted by molar-refractivity contribution is 0.0997. The van der Waals surface area contributed by atoms with Crippen molar-refractivity contribution in [1.82, 2.24) is 9.55 Å². The molecule has 1 aromatic heterocycles. The van der Waals surface area contributed by atoms with Crippen molar-refractivity contribution < 1.29 is 14.0 Å². The standard InChI is InChI=1S/C19H17FN4O2/c1-10-22-15-9-11(5-8-16(15)24(10)12-6-7-12)19(26)23-14-4-2-3-13(20)17(14)18(21)25/h2-5,8-9,12H,6-7H2,1H3,(H2,21,25)(H,23,26). The first-order valence-electron chi connectivity index (χ1n) is 8.34. The Morgan fingerprint density at radius 2 is 2.04 bits per heavy atom. The molecule has 132 valence electrons. The van der Waals surface area contributed by atoms with E-state index < -0.39 is 17.6 Å². The molecule has 1 fully saturated rings. The molecule has 0 atom stereocenters. The number of amides is 2. The van der Waals surface area contributed by atoms with Crippen LogP contribution < -0.4 is 11.1 Å². The van der Waals surface area contributed by atoms with E-state index in [1.807, 2.05) is 13.0 Å². The van der Waals surface area contributed by atoms with Gasteiger partial charge in [-0.25, -0.2) is 9.37 Å². The van der Waals surface area contributed by atoms with Crippen LogP contribution in [0.1, 0.15) is 45.4 Å². The van der Waals surface area contributed by atoms with Gasteiger partial charge in [-0.1, -0.05) is 6.07 Å². The second-order valence-corrected chi connectivity index (χ2v) is 6.44. The molecule has 7 heteroatoms. The first-order valence-corrected chi connectivity index (χ1v) is 8.34. The first kappa shape index (κ1) is 16.3. The topological polar surface area (TPSA) is 90.0 Å². The summed E-state index contributed by atoms with van der Waals surface area (Å²) in [6, 6.07) is 9.70. The number of carbonyl (C=O) groups excluding carboxylic acids is 2. The first-order chi connectivity index (χ1) is 12.5. The summed E-state index contributed by atoms with van der Waals surface area (Å²) in [6.07, 6.45) is 2.29. The van der Waals surface area contributed by atoms with Gasteiger partial charge in [-0.2, -0.15) is 0 Å². The van der Waals surface area contributed by atoms with Gasteiger partial charge in [0.05, 0.1) is 22.3 Å². The van der Waals surface area contributed by atoms with E-state index in [0.717, 1.165) is 35.8 Å². The predicted molar refractivity (Wildman–Crippen MR) is 95.6 cm³/mol. The van der Waals surface area contributed by atoms with E-state index in [1.165, 1.54) is 12.1 Å². The molecule has 1 saturated carbocycles. The number of aryl methyl sites for hydroxylation is 1. The van der Waals surface area contributed by atoms with Crippen molar-refractivity contribution in [1.29, 1.82) is 0 Å². The Hall–Kier alpha value is -3.22. The van der Waals surface area contributed by atoms with Crippen molar-refractivity contribution in [2.45, 2.75) is 25.8 Å². The summed E-state index contributed by atoms with van der Waals surface area (Å²) in [5.41, 5.74) is 7.02. The van der Waals surface area contributed by atoms with E-state index >= 15 is 0 Å². The predicted octanol–water partition coefficient (Wildman–Crippen LogP) is 3.17. The molecule has 0 radical (unpaired) electrons. The van der Waals surface area contributed by atoms with Gasteiger partial charge < -0.3 is 15.6 Å². The highest BCUT2D eigenvalue weighted by Gasteiger charge is 2.27. The zero-order chi connectivity index (χ0) is 18.4. The number of hydrogen-bond donors (Lipinski definition) is 2. The van der Waals surface area contributed by atoms with Crippen molar-refractivity contribution >= 4 is 28.5 Å². The Kier molecular flexibility index (Phi) is 3.72. The van der Waals surface area contributed by atoms with Crippen molar-refractivity contribution in [2.75, 3.05) is 5.32 Å². The average molecular weight is 352 g/mol. The number of aromatic nitrogens is 2. The van der Waals surface area contributed by atoms with E-state index in [1.54, 1.807) is 12.1 Å². The summed E-state index contributed by atoms with van der Waals surface area (Å²) >= 11 is 0. The van der Waals surface area contributed by atoms with Gasteiger partial charge in [-0.15, -0.1) is 0 Å². The molecule has 3 aromatic rings. The van der Waals surface area contributed by atoms with Crippen LogP contribution in [0.3, 0.4) is 0 Å². The lowest BCUT2D eigenvalue weighted by Gasteiger charge is -2.10. The molecule has 1 aliphatic carbocycles. The van der Waals surface area contributed by atoms with Gasteiger partial charge in [-0.05, 0) is 50.1 Å². The molecular weight excluding hydrogens is 335 g/mol. The molecule has 0 saturated heterocycles. The van der Waals surface area contributed by atoms with E-state index in [0.29, 0.717) is 11.6 Å². The van der Waals surface area contributed by atoms with Gasteiger partial charge in [0, 0.05) is 11.6 Å². The highest BCUT2D eigenvalue weighted by atomic mass is 19.1. The summed E-state index contributed by atoms with van der Waals surface area (Å²) < 4.78 is 16.0. The molecular formula is C19H17FN4O2. The second kappa shape index (κ2) is 5.94. The number of anilines is 1. The number of benzene rings is 2. The zero-order valence-electron chi connectivity index (χ0n) is 14.1. The minimum atomic E-state index is -0.937. The summed E-state index contributed by atoms with van der Waals surface area (Å²) in [4.78, 5) is 28.6. The van der Waals surface area contributed by atoms with E-state index in [2.05, 4.69) is 14.9 Å². The maximum atomic E-state index is 13.8. The van der Waals surface area contributed by atoms with Crippen LogP contribution in [0.4, 0.5) is 10.1 Å². The van der Waals surface area contributed by atoms with Crippen LogP contribution in [0, 0.1) is 12.7 Å². The van der Waals surface area contributed by atoms with Crippen LogP contribution in [0.15, 0.2) is 36.4 Å². The number of carbonyl (C=O) groups is 2. The normalized spacial score (nSPS) is 13.8. The fourth-order valence-electron chi connectivity index (χ4n) is 3.23. The molecule has 0 spiro atoms. The summed E-state index contributed by atoms with van der Waals surface area (Å²) in [5, 5.41) is 2.56. The van der Waals surface area contributed by atoms with Crippen molar-refractivity contribution in [3.63, 3.8) is 0 Å². The highest BCUT2D eigenvalue weighted by Crippen LogP contribution is 2.38. The van der Waals surface area contributed by atoms with Gasteiger partial charge in [-0.3, -0.25) is 9.59 Å². The van der Waals surface area contributed by atoms with Crippen molar-refractivity contribution in [3.8, 4) is 0 Å². The molecule has 6 nitrogen and oxygen atoms in total. The smallest absolute Gasteiger partial charge is 0.255 e.